The average Bonchev–Trinajstić information content (AvgIpc) is 2.66. The molecule has 0 bridgehead atoms. The second-order valence-corrected chi connectivity index (χ2v) is 7.40. The number of amides is 1. The quantitative estimate of drug-likeness (QED) is 0.749. The second kappa shape index (κ2) is 9.16. The number of hydrogen-bond donors (Lipinski definition) is 1. The minimum Gasteiger partial charge on any atom is -0.494 e. The van der Waals surface area contributed by atoms with Crippen LogP contribution in [-0.4, -0.2) is 34.0 Å². The van der Waals surface area contributed by atoms with Crippen molar-refractivity contribution in [3.63, 3.8) is 0 Å². The first kappa shape index (κ1) is 20.4. The van der Waals surface area contributed by atoms with Crippen LogP contribution in [0.4, 0.5) is 5.69 Å². The third-order valence-electron chi connectivity index (χ3n) is 3.76. The molecule has 7 nitrogen and oxygen atoms in total. The second-order valence-electron chi connectivity index (χ2n) is 5.63. The maximum atomic E-state index is 12.4. The number of nitrogens with one attached hydrogen (secondary N) is 1. The summed E-state index contributed by atoms with van der Waals surface area (Å²) in [4.78, 5) is 13.5. The molecule has 2 aromatic rings. The number of carbonyl (C=O) groups excluding carboxylic acids is 1. The van der Waals surface area contributed by atoms with E-state index in [1.807, 2.05) is 13.0 Å². The third-order valence-corrected chi connectivity index (χ3v) is 5.24. The molecule has 0 aliphatic rings. The van der Waals surface area contributed by atoms with E-state index < -0.39 is 10.0 Å². The van der Waals surface area contributed by atoms with Crippen molar-refractivity contribution in [1.82, 2.24) is 4.72 Å². The van der Waals surface area contributed by atoms with E-state index in [0.717, 1.165) is 0 Å². The molecule has 142 valence electrons. The minimum atomic E-state index is -3.69. The molecular weight excluding hydrogens is 366 g/mol. The number of anilines is 1. The van der Waals surface area contributed by atoms with Crippen LogP contribution in [-0.2, 0) is 14.8 Å². The summed E-state index contributed by atoms with van der Waals surface area (Å²) in [7, 11) is -3.69. The lowest BCUT2D eigenvalue weighted by molar-refractivity contribution is -0.116. The van der Waals surface area contributed by atoms with Gasteiger partial charge in [-0.1, -0.05) is 0 Å². The monoisotopic (exact) mass is 387 g/mol. The summed E-state index contributed by atoms with van der Waals surface area (Å²) >= 11 is 0. The van der Waals surface area contributed by atoms with E-state index in [2.05, 4.69) is 4.72 Å². The van der Waals surface area contributed by atoms with Crippen LogP contribution in [0.1, 0.15) is 19.4 Å². The van der Waals surface area contributed by atoms with E-state index >= 15 is 0 Å². The lowest BCUT2D eigenvalue weighted by atomic mass is 10.2. The highest BCUT2D eigenvalue weighted by atomic mass is 32.2. The van der Waals surface area contributed by atoms with Gasteiger partial charge in [0.25, 0.3) is 0 Å². The van der Waals surface area contributed by atoms with Gasteiger partial charge < -0.3 is 9.64 Å². The molecule has 0 spiro atoms. The van der Waals surface area contributed by atoms with Crippen LogP contribution in [0.15, 0.2) is 53.4 Å². The number of sulfonamides is 1. The Morgan fingerprint density at radius 3 is 2.30 bits per heavy atom. The van der Waals surface area contributed by atoms with Crippen molar-refractivity contribution in [3.8, 4) is 11.8 Å². The molecule has 0 aliphatic carbocycles. The summed E-state index contributed by atoms with van der Waals surface area (Å²) in [5.41, 5.74) is 1.08. The van der Waals surface area contributed by atoms with Gasteiger partial charge >= 0.3 is 0 Å². The molecule has 8 heteroatoms. The Kier molecular flexibility index (Phi) is 6.93. The number of nitrogens with zero attached hydrogens (tertiary/aromatic N) is 2. The molecule has 0 unspecified atom stereocenters. The molecule has 27 heavy (non-hydrogen) atoms. The SMILES string of the molecule is CCOc1ccc(S(=O)(=O)NCCN(C(C)=O)c2ccc(C#N)cc2)cc1. The standard InChI is InChI=1S/C19H21N3O4S/c1-3-26-18-8-10-19(11-9-18)27(24,25)21-12-13-22(15(2)23)17-6-4-16(14-20)5-7-17/h4-11,21H,3,12-13H2,1-2H3. The molecular formula is C19H21N3O4S. The topological polar surface area (TPSA) is 99.5 Å². The number of benzene rings is 2. The van der Waals surface area contributed by atoms with Crippen LogP contribution < -0.4 is 14.4 Å². The first-order chi connectivity index (χ1) is 12.9. The van der Waals surface area contributed by atoms with Crippen LogP contribution in [0.25, 0.3) is 0 Å². The Morgan fingerprint density at radius 1 is 1.15 bits per heavy atom. The van der Waals surface area contributed by atoms with Gasteiger partial charge in [-0.15, -0.1) is 0 Å². The lowest BCUT2D eigenvalue weighted by Gasteiger charge is -2.21. The largest absolute Gasteiger partial charge is 0.494 e. The van der Waals surface area contributed by atoms with Crippen molar-refractivity contribution >= 4 is 21.6 Å². The molecule has 1 amide bonds. The van der Waals surface area contributed by atoms with Gasteiger partial charge in [-0.05, 0) is 55.5 Å². The Morgan fingerprint density at radius 2 is 1.78 bits per heavy atom. The molecule has 0 atom stereocenters. The fourth-order valence-electron chi connectivity index (χ4n) is 2.44. The summed E-state index contributed by atoms with van der Waals surface area (Å²) in [6.07, 6.45) is 0. The van der Waals surface area contributed by atoms with Crippen LogP contribution in [0.3, 0.4) is 0 Å². The number of ether oxygens (including phenoxy) is 1. The molecule has 0 fully saturated rings. The van der Waals surface area contributed by atoms with Gasteiger partial charge in [-0.2, -0.15) is 5.26 Å². The Labute approximate surface area is 159 Å². The van der Waals surface area contributed by atoms with E-state index in [0.29, 0.717) is 23.6 Å². The van der Waals surface area contributed by atoms with Crippen LogP contribution >= 0.6 is 0 Å². The van der Waals surface area contributed by atoms with E-state index in [1.54, 1.807) is 36.4 Å². The molecule has 1 N–H and O–H groups in total. The molecule has 0 radical (unpaired) electrons. The van der Waals surface area contributed by atoms with E-state index in [4.69, 9.17) is 10.00 Å². The van der Waals surface area contributed by atoms with Gasteiger partial charge in [0.15, 0.2) is 0 Å². The Hall–Kier alpha value is -2.89. The molecule has 2 aromatic carbocycles. The van der Waals surface area contributed by atoms with Crippen molar-refractivity contribution in [2.45, 2.75) is 18.7 Å². The van der Waals surface area contributed by atoms with Crippen molar-refractivity contribution in [2.75, 3.05) is 24.6 Å². The van der Waals surface area contributed by atoms with Crippen LogP contribution in [0, 0.1) is 11.3 Å². The predicted molar refractivity (Wildman–Crippen MR) is 102 cm³/mol. The van der Waals surface area contributed by atoms with Gasteiger partial charge in [0.2, 0.25) is 15.9 Å². The number of hydrogen-bond acceptors (Lipinski definition) is 5. The molecule has 2 rings (SSSR count). The predicted octanol–water partition coefficient (Wildman–Crippen LogP) is 2.29. The van der Waals surface area contributed by atoms with Gasteiger partial charge in [-0.25, -0.2) is 13.1 Å². The lowest BCUT2D eigenvalue weighted by Crippen LogP contribution is -2.37. The summed E-state index contributed by atoms with van der Waals surface area (Å²) in [5.74, 6) is 0.375. The zero-order valence-corrected chi connectivity index (χ0v) is 16.0. The summed E-state index contributed by atoms with van der Waals surface area (Å²) in [5, 5.41) is 8.85. The minimum absolute atomic E-state index is 0.0507. The molecule has 0 saturated carbocycles. The highest BCUT2D eigenvalue weighted by molar-refractivity contribution is 7.89. The Bertz CT molecular complexity index is 917. The zero-order valence-electron chi connectivity index (χ0n) is 15.2. The van der Waals surface area contributed by atoms with Crippen LogP contribution in [0.5, 0.6) is 5.75 Å². The smallest absolute Gasteiger partial charge is 0.240 e. The average molecular weight is 387 g/mol. The molecule has 0 aliphatic heterocycles. The number of nitriles is 1. The van der Waals surface area contributed by atoms with E-state index in [9.17, 15) is 13.2 Å². The van der Waals surface area contributed by atoms with Gasteiger partial charge in [0.1, 0.15) is 5.75 Å². The Balaban J connectivity index is 2.02. The number of rotatable bonds is 8. The fourth-order valence-corrected chi connectivity index (χ4v) is 3.46. The molecule has 0 heterocycles. The zero-order chi connectivity index (χ0) is 19.9. The highest BCUT2D eigenvalue weighted by Gasteiger charge is 2.16. The highest BCUT2D eigenvalue weighted by Crippen LogP contribution is 2.17. The van der Waals surface area contributed by atoms with Crippen LogP contribution in [0.2, 0.25) is 0 Å². The third kappa shape index (κ3) is 5.54. The van der Waals surface area contributed by atoms with E-state index in [-0.39, 0.29) is 23.9 Å². The van der Waals surface area contributed by atoms with Crippen molar-refractivity contribution in [2.24, 2.45) is 0 Å². The van der Waals surface area contributed by atoms with Crippen molar-refractivity contribution < 1.29 is 17.9 Å². The first-order valence-corrected chi connectivity index (χ1v) is 9.86. The van der Waals surface area contributed by atoms with Gasteiger partial charge in [-0.3, -0.25) is 4.79 Å². The normalized spacial score (nSPS) is 10.9. The molecule has 0 saturated heterocycles. The maximum absolute atomic E-state index is 12.4. The van der Waals surface area contributed by atoms with E-state index in [1.165, 1.54) is 24.0 Å². The maximum Gasteiger partial charge on any atom is 0.240 e. The van der Waals surface area contributed by atoms with Gasteiger partial charge in [0, 0.05) is 25.7 Å². The van der Waals surface area contributed by atoms with Crippen molar-refractivity contribution in [1.29, 1.82) is 5.26 Å². The van der Waals surface area contributed by atoms with Gasteiger partial charge in [0.05, 0.1) is 23.1 Å². The fraction of sp³-hybridized carbons (Fsp3) is 0.263. The summed E-state index contributed by atoms with van der Waals surface area (Å²) in [6, 6.07) is 14.7. The van der Waals surface area contributed by atoms with Crippen molar-refractivity contribution in [3.05, 3.63) is 54.1 Å². The number of carbonyl (C=O) groups is 1. The summed E-state index contributed by atoms with van der Waals surface area (Å²) < 4.78 is 32.6. The summed E-state index contributed by atoms with van der Waals surface area (Å²) in [6.45, 7) is 3.97. The first-order valence-electron chi connectivity index (χ1n) is 8.38. The molecule has 0 aromatic heterocycles.